The smallest absolute Gasteiger partial charge is 0.164 e. The first-order valence-corrected chi connectivity index (χ1v) is 6.09. The SMILES string of the molecule is CC(C)c1cccc2c1OCC1(CC1)CO2. The number of rotatable bonds is 1. The summed E-state index contributed by atoms with van der Waals surface area (Å²) in [4.78, 5) is 0. The van der Waals surface area contributed by atoms with Gasteiger partial charge in [-0.25, -0.2) is 0 Å². The molecule has 1 aliphatic carbocycles. The second-order valence-corrected chi connectivity index (χ2v) is 5.41. The fraction of sp³-hybridized carbons (Fsp3) is 0.571. The van der Waals surface area contributed by atoms with Crippen LogP contribution in [-0.4, -0.2) is 13.2 Å². The van der Waals surface area contributed by atoms with Crippen LogP contribution < -0.4 is 9.47 Å². The maximum absolute atomic E-state index is 5.99. The molecule has 1 spiro atoms. The van der Waals surface area contributed by atoms with Crippen LogP contribution in [0.1, 0.15) is 38.2 Å². The molecule has 2 heteroatoms. The Labute approximate surface area is 96.6 Å². The minimum absolute atomic E-state index is 0.327. The lowest BCUT2D eigenvalue weighted by atomic mass is 10.0. The van der Waals surface area contributed by atoms with E-state index in [0.717, 1.165) is 24.7 Å². The molecule has 0 amide bonds. The quantitative estimate of drug-likeness (QED) is 0.719. The summed E-state index contributed by atoms with van der Waals surface area (Å²) in [6.45, 7) is 6.03. The number of fused-ring (bicyclic) bond motifs is 1. The molecule has 1 aromatic rings. The zero-order valence-corrected chi connectivity index (χ0v) is 9.95. The van der Waals surface area contributed by atoms with E-state index in [1.54, 1.807) is 0 Å². The summed E-state index contributed by atoms with van der Waals surface area (Å²) in [6.07, 6.45) is 2.50. The molecule has 86 valence electrons. The molecule has 1 saturated carbocycles. The van der Waals surface area contributed by atoms with E-state index < -0.39 is 0 Å². The topological polar surface area (TPSA) is 18.5 Å². The van der Waals surface area contributed by atoms with Gasteiger partial charge in [0.1, 0.15) is 0 Å². The monoisotopic (exact) mass is 218 g/mol. The number of para-hydroxylation sites is 1. The third-order valence-electron chi connectivity index (χ3n) is 3.65. The molecule has 1 aliphatic heterocycles. The summed E-state index contributed by atoms with van der Waals surface area (Å²) in [6, 6.07) is 6.21. The Morgan fingerprint density at radius 1 is 1.12 bits per heavy atom. The van der Waals surface area contributed by atoms with E-state index >= 15 is 0 Å². The molecular weight excluding hydrogens is 200 g/mol. The fourth-order valence-electron chi connectivity index (χ4n) is 2.22. The van der Waals surface area contributed by atoms with Crippen LogP contribution in [0.4, 0.5) is 0 Å². The molecule has 1 fully saturated rings. The normalized spacial score (nSPS) is 20.9. The predicted molar refractivity (Wildman–Crippen MR) is 63.2 cm³/mol. The molecule has 0 atom stereocenters. The van der Waals surface area contributed by atoms with Gasteiger partial charge in [0.05, 0.1) is 13.2 Å². The van der Waals surface area contributed by atoms with Crippen molar-refractivity contribution in [1.29, 1.82) is 0 Å². The van der Waals surface area contributed by atoms with Crippen LogP contribution in [0, 0.1) is 5.41 Å². The summed E-state index contributed by atoms with van der Waals surface area (Å²) >= 11 is 0. The highest BCUT2D eigenvalue weighted by Gasteiger charge is 2.46. The molecule has 3 rings (SSSR count). The van der Waals surface area contributed by atoms with E-state index in [-0.39, 0.29) is 0 Å². The number of ether oxygens (including phenoxy) is 2. The Bertz CT molecular complexity index is 405. The van der Waals surface area contributed by atoms with Gasteiger partial charge in [-0.1, -0.05) is 26.0 Å². The number of hydrogen-bond acceptors (Lipinski definition) is 2. The van der Waals surface area contributed by atoms with Crippen LogP contribution in [0.2, 0.25) is 0 Å². The van der Waals surface area contributed by atoms with Gasteiger partial charge in [-0.3, -0.25) is 0 Å². The number of hydrogen-bond donors (Lipinski definition) is 0. The zero-order valence-electron chi connectivity index (χ0n) is 9.95. The van der Waals surface area contributed by atoms with Gasteiger partial charge in [-0.15, -0.1) is 0 Å². The third kappa shape index (κ3) is 1.57. The lowest BCUT2D eigenvalue weighted by Crippen LogP contribution is -2.17. The van der Waals surface area contributed by atoms with Crippen molar-refractivity contribution >= 4 is 0 Å². The first-order chi connectivity index (χ1) is 7.70. The highest BCUT2D eigenvalue weighted by atomic mass is 16.5. The Morgan fingerprint density at radius 2 is 1.88 bits per heavy atom. The van der Waals surface area contributed by atoms with Gasteiger partial charge < -0.3 is 9.47 Å². The van der Waals surface area contributed by atoms with E-state index in [9.17, 15) is 0 Å². The van der Waals surface area contributed by atoms with Gasteiger partial charge >= 0.3 is 0 Å². The lowest BCUT2D eigenvalue weighted by molar-refractivity contribution is 0.196. The van der Waals surface area contributed by atoms with Crippen molar-refractivity contribution in [2.45, 2.75) is 32.6 Å². The van der Waals surface area contributed by atoms with Crippen molar-refractivity contribution < 1.29 is 9.47 Å². The van der Waals surface area contributed by atoms with E-state index in [1.807, 2.05) is 6.07 Å². The van der Waals surface area contributed by atoms with Crippen molar-refractivity contribution in [3.05, 3.63) is 23.8 Å². The standard InChI is InChI=1S/C14H18O2/c1-10(2)11-4-3-5-12-13(11)16-9-14(6-7-14)8-15-12/h3-5,10H,6-9H2,1-2H3. The summed E-state index contributed by atoms with van der Waals surface area (Å²) in [7, 11) is 0. The molecule has 0 saturated heterocycles. The Balaban J connectivity index is 1.97. The molecule has 0 bridgehead atoms. The highest BCUT2D eigenvalue weighted by Crippen LogP contribution is 2.50. The molecule has 0 aromatic heterocycles. The summed E-state index contributed by atoms with van der Waals surface area (Å²) in [5.41, 5.74) is 1.59. The molecule has 0 radical (unpaired) electrons. The average Bonchev–Trinajstić information content (AvgIpc) is 3.06. The van der Waals surface area contributed by atoms with Crippen LogP contribution >= 0.6 is 0 Å². The van der Waals surface area contributed by atoms with Crippen LogP contribution in [0.25, 0.3) is 0 Å². The molecule has 2 nitrogen and oxygen atoms in total. The second-order valence-electron chi connectivity index (χ2n) is 5.41. The highest BCUT2D eigenvalue weighted by molar-refractivity contribution is 5.48. The fourth-order valence-corrected chi connectivity index (χ4v) is 2.22. The average molecular weight is 218 g/mol. The first kappa shape index (κ1) is 10.0. The van der Waals surface area contributed by atoms with Crippen molar-refractivity contribution in [2.24, 2.45) is 5.41 Å². The predicted octanol–water partition coefficient (Wildman–Crippen LogP) is 3.36. The molecule has 1 aromatic carbocycles. The third-order valence-corrected chi connectivity index (χ3v) is 3.65. The van der Waals surface area contributed by atoms with Crippen LogP contribution in [0.3, 0.4) is 0 Å². The van der Waals surface area contributed by atoms with Crippen molar-refractivity contribution in [3.8, 4) is 11.5 Å². The van der Waals surface area contributed by atoms with Gasteiger partial charge in [0, 0.05) is 11.0 Å². The van der Waals surface area contributed by atoms with E-state index in [2.05, 4.69) is 26.0 Å². The Hall–Kier alpha value is -1.18. The second kappa shape index (κ2) is 3.41. The Morgan fingerprint density at radius 3 is 2.56 bits per heavy atom. The van der Waals surface area contributed by atoms with Gasteiger partial charge in [0.25, 0.3) is 0 Å². The summed E-state index contributed by atoms with van der Waals surface area (Å²) < 4.78 is 11.9. The molecule has 2 aliphatic rings. The van der Waals surface area contributed by atoms with Gasteiger partial charge in [-0.05, 0) is 24.8 Å². The van der Waals surface area contributed by atoms with Crippen molar-refractivity contribution in [1.82, 2.24) is 0 Å². The zero-order chi connectivity index (χ0) is 11.2. The maximum Gasteiger partial charge on any atom is 0.164 e. The first-order valence-electron chi connectivity index (χ1n) is 6.09. The molecule has 16 heavy (non-hydrogen) atoms. The van der Waals surface area contributed by atoms with E-state index in [0.29, 0.717) is 11.3 Å². The van der Waals surface area contributed by atoms with Gasteiger partial charge in [0.15, 0.2) is 11.5 Å². The van der Waals surface area contributed by atoms with Crippen molar-refractivity contribution in [2.75, 3.05) is 13.2 Å². The largest absolute Gasteiger partial charge is 0.489 e. The van der Waals surface area contributed by atoms with Crippen LogP contribution in [0.5, 0.6) is 11.5 Å². The minimum atomic E-state index is 0.327. The van der Waals surface area contributed by atoms with Crippen LogP contribution in [0.15, 0.2) is 18.2 Å². The molecule has 1 heterocycles. The van der Waals surface area contributed by atoms with E-state index in [1.165, 1.54) is 18.4 Å². The van der Waals surface area contributed by atoms with Crippen LogP contribution in [-0.2, 0) is 0 Å². The van der Waals surface area contributed by atoms with Gasteiger partial charge in [-0.2, -0.15) is 0 Å². The maximum atomic E-state index is 5.99. The molecule has 0 unspecified atom stereocenters. The van der Waals surface area contributed by atoms with E-state index in [4.69, 9.17) is 9.47 Å². The summed E-state index contributed by atoms with van der Waals surface area (Å²) in [5, 5.41) is 0. The molecule has 0 N–H and O–H groups in total. The van der Waals surface area contributed by atoms with Crippen molar-refractivity contribution in [3.63, 3.8) is 0 Å². The lowest BCUT2D eigenvalue weighted by Gasteiger charge is -2.14. The number of benzene rings is 1. The van der Waals surface area contributed by atoms with Gasteiger partial charge in [0.2, 0.25) is 0 Å². The molecular formula is C14H18O2. The summed E-state index contributed by atoms with van der Waals surface area (Å²) in [5.74, 6) is 2.38. The minimum Gasteiger partial charge on any atom is -0.489 e. The Kier molecular flexibility index (Phi) is 2.13.